The Morgan fingerprint density at radius 2 is 1.88 bits per heavy atom. The fourth-order valence-electron chi connectivity index (χ4n) is 3.88. The van der Waals surface area contributed by atoms with Gasteiger partial charge in [0.05, 0.1) is 19.2 Å². The first-order valence-corrected chi connectivity index (χ1v) is 10.6. The summed E-state index contributed by atoms with van der Waals surface area (Å²) in [5.74, 6) is 0.0854. The van der Waals surface area contributed by atoms with Crippen LogP contribution in [0.25, 0.3) is 0 Å². The second kappa shape index (κ2) is 9.64. The van der Waals surface area contributed by atoms with Crippen molar-refractivity contribution in [2.45, 2.75) is 25.2 Å². The molecule has 2 aromatic carbocycles. The van der Waals surface area contributed by atoms with E-state index in [1.165, 1.54) is 12.1 Å². The summed E-state index contributed by atoms with van der Waals surface area (Å²) in [5.41, 5.74) is 2.13. The molecule has 1 aliphatic rings. The molecule has 0 unspecified atom stereocenters. The summed E-state index contributed by atoms with van der Waals surface area (Å²) in [7, 11) is 1.61. The summed E-state index contributed by atoms with van der Waals surface area (Å²) in [6.07, 6.45) is 1.93. The summed E-state index contributed by atoms with van der Waals surface area (Å²) in [4.78, 5) is 26.9. The molecule has 2 amide bonds. The first kappa shape index (κ1) is 21.5. The van der Waals surface area contributed by atoms with Crippen LogP contribution in [-0.2, 0) is 11.2 Å². The molecule has 2 heterocycles. The first-order chi connectivity index (χ1) is 15.5. The number of ether oxygens (including phenoxy) is 1. The van der Waals surface area contributed by atoms with Crippen LogP contribution in [0.3, 0.4) is 0 Å². The molecule has 3 aromatic rings. The maximum Gasteiger partial charge on any atom is 0.276 e. The molecular formula is C24H25FN4O3. The summed E-state index contributed by atoms with van der Waals surface area (Å²) < 4.78 is 18.9. The van der Waals surface area contributed by atoms with Crippen LogP contribution >= 0.6 is 0 Å². The number of piperidine rings is 1. The number of aromatic amines is 1. The molecule has 1 saturated heterocycles. The zero-order chi connectivity index (χ0) is 22.5. The van der Waals surface area contributed by atoms with Crippen molar-refractivity contribution in [2.75, 3.05) is 25.5 Å². The van der Waals surface area contributed by atoms with Gasteiger partial charge in [0.25, 0.3) is 5.91 Å². The SMILES string of the molecule is COc1ccc(CC(=O)N2CCC(c3cc(C(=O)Nc4ccccc4F)n[nH]3)CC2)cc1. The van der Waals surface area contributed by atoms with Crippen molar-refractivity contribution in [2.24, 2.45) is 0 Å². The topological polar surface area (TPSA) is 87.3 Å². The Morgan fingerprint density at radius 3 is 2.56 bits per heavy atom. The second-order valence-corrected chi connectivity index (χ2v) is 7.82. The number of aromatic nitrogens is 2. The molecule has 1 fully saturated rings. The highest BCUT2D eigenvalue weighted by atomic mass is 19.1. The Morgan fingerprint density at radius 1 is 1.16 bits per heavy atom. The summed E-state index contributed by atoms with van der Waals surface area (Å²) in [6, 6.07) is 15.2. The number of amides is 2. The highest BCUT2D eigenvalue weighted by molar-refractivity contribution is 6.03. The third-order valence-corrected chi connectivity index (χ3v) is 5.75. The number of anilines is 1. The van der Waals surface area contributed by atoms with Gasteiger partial charge in [-0.2, -0.15) is 5.10 Å². The van der Waals surface area contributed by atoms with Gasteiger partial charge < -0.3 is 15.0 Å². The van der Waals surface area contributed by atoms with E-state index in [4.69, 9.17) is 4.74 Å². The summed E-state index contributed by atoms with van der Waals surface area (Å²) >= 11 is 0. The molecule has 0 atom stereocenters. The third kappa shape index (κ3) is 4.96. The molecule has 2 N–H and O–H groups in total. The highest BCUT2D eigenvalue weighted by Gasteiger charge is 2.26. The van der Waals surface area contributed by atoms with Gasteiger partial charge in [-0.25, -0.2) is 4.39 Å². The standard InChI is InChI=1S/C24H25FN4O3/c1-32-18-8-6-16(7-9-18)14-23(30)29-12-10-17(11-13-29)21-15-22(28-27-21)24(31)26-20-5-3-2-4-19(20)25/h2-9,15,17H,10-14H2,1H3,(H,26,31)(H,27,28). The molecule has 166 valence electrons. The quantitative estimate of drug-likeness (QED) is 0.616. The number of benzene rings is 2. The fourth-order valence-corrected chi connectivity index (χ4v) is 3.88. The second-order valence-electron chi connectivity index (χ2n) is 7.82. The molecule has 7 nitrogen and oxygen atoms in total. The zero-order valence-corrected chi connectivity index (χ0v) is 17.8. The number of likely N-dealkylation sites (tertiary alicyclic amines) is 1. The first-order valence-electron chi connectivity index (χ1n) is 10.6. The number of rotatable bonds is 6. The highest BCUT2D eigenvalue weighted by Crippen LogP contribution is 2.28. The predicted octanol–water partition coefficient (Wildman–Crippen LogP) is 3.76. The number of halogens is 1. The van der Waals surface area contributed by atoms with Crippen molar-refractivity contribution >= 4 is 17.5 Å². The number of carbonyl (C=O) groups is 2. The molecular weight excluding hydrogens is 411 g/mol. The molecule has 8 heteroatoms. The number of methoxy groups -OCH3 is 1. The monoisotopic (exact) mass is 436 g/mol. The summed E-state index contributed by atoms with van der Waals surface area (Å²) in [6.45, 7) is 1.30. The number of nitrogens with one attached hydrogen (secondary N) is 2. The molecule has 1 aromatic heterocycles. The minimum absolute atomic E-state index is 0.100. The van der Waals surface area contributed by atoms with E-state index in [2.05, 4.69) is 15.5 Å². The number of hydrogen-bond acceptors (Lipinski definition) is 4. The van der Waals surface area contributed by atoms with E-state index in [0.29, 0.717) is 19.5 Å². The number of H-pyrrole nitrogens is 1. The van der Waals surface area contributed by atoms with Crippen LogP contribution in [0.4, 0.5) is 10.1 Å². The van der Waals surface area contributed by atoms with Gasteiger partial charge in [-0.3, -0.25) is 14.7 Å². The van der Waals surface area contributed by atoms with Crippen LogP contribution in [0.15, 0.2) is 54.6 Å². The Labute approximate surface area is 185 Å². The molecule has 1 aliphatic heterocycles. The van der Waals surface area contributed by atoms with Crippen molar-refractivity contribution in [3.63, 3.8) is 0 Å². The Bertz CT molecular complexity index is 1090. The van der Waals surface area contributed by atoms with Crippen LogP contribution in [-0.4, -0.2) is 47.1 Å². The Hall–Kier alpha value is -3.68. The van der Waals surface area contributed by atoms with Crippen molar-refractivity contribution in [3.05, 3.63) is 77.4 Å². The lowest BCUT2D eigenvalue weighted by atomic mass is 9.93. The van der Waals surface area contributed by atoms with E-state index in [-0.39, 0.29) is 23.2 Å². The van der Waals surface area contributed by atoms with E-state index < -0.39 is 11.7 Å². The zero-order valence-electron chi connectivity index (χ0n) is 17.8. The average molecular weight is 436 g/mol. The molecule has 0 spiro atoms. The predicted molar refractivity (Wildman–Crippen MR) is 118 cm³/mol. The van der Waals surface area contributed by atoms with Crippen LogP contribution in [0.5, 0.6) is 5.75 Å². The average Bonchev–Trinajstić information content (AvgIpc) is 3.32. The van der Waals surface area contributed by atoms with Crippen molar-refractivity contribution in [1.29, 1.82) is 0 Å². The van der Waals surface area contributed by atoms with Gasteiger partial charge in [0.2, 0.25) is 5.91 Å². The van der Waals surface area contributed by atoms with Crippen molar-refractivity contribution in [1.82, 2.24) is 15.1 Å². The van der Waals surface area contributed by atoms with Gasteiger partial charge in [0.1, 0.15) is 11.6 Å². The van der Waals surface area contributed by atoms with Gasteiger partial charge in [0.15, 0.2) is 5.69 Å². The van der Waals surface area contributed by atoms with E-state index >= 15 is 0 Å². The number of carbonyl (C=O) groups excluding carboxylic acids is 2. The van der Waals surface area contributed by atoms with E-state index in [1.807, 2.05) is 29.2 Å². The molecule has 0 bridgehead atoms. The van der Waals surface area contributed by atoms with Gasteiger partial charge in [0, 0.05) is 24.7 Å². The number of hydrogen-bond donors (Lipinski definition) is 2. The van der Waals surface area contributed by atoms with Gasteiger partial charge in [-0.1, -0.05) is 24.3 Å². The Balaban J connectivity index is 1.30. The van der Waals surface area contributed by atoms with Gasteiger partial charge in [-0.05, 0) is 48.7 Å². The lowest BCUT2D eigenvalue weighted by Crippen LogP contribution is -2.38. The number of nitrogens with zero attached hydrogens (tertiary/aromatic N) is 2. The van der Waals surface area contributed by atoms with Crippen molar-refractivity contribution < 1.29 is 18.7 Å². The van der Waals surface area contributed by atoms with E-state index in [0.717, 1.165) is 29.8 Å². The van der Waals surface area contributed by atoms with Gasteiger partial charge in [-0.15, -0.1) is 0 Å². The maximum absolute atomic E-state index is 13.8. The molecule has 0 aliphatic carbocycles. The fraction of sp³-hybridized carbons (Fsp3) is 0.292. The lowest BCUT2D eigenvalue weighted by Gasteiger charge is -2.31. The minimum Gasteiger partial charge on any atom is -0.497 e. The largest absolute Gasteiger partial charge is 0.497 e. The molecule has 32 heavy (non-hydrogen) atoms. The van der Waals surface area contributed by atoms with Crippen LogP contribution in [0, 0.1) is 5.82 Å². The van der Waals surface area contributed by atoms with Gasteiger partial charge >= 0.3 is 0 Å². The van der Waals surface area contributed by atoms with Crippen LogP contribution in [0.2, 0.25) is 0 Å². The van der Waals surface area contributed by atoms with E-state index in [9.17, 15) is 14.0 Å². The minimum atomic E-state index is -0.497. The number of para-hydroxylation sites is 1. The molecule has 0 saturated carbocycles. The smallest absolute Gasteiger partial charge is 0.276 e. The maximum atomic E-state index is 13.8. The third-order valence-electron chi connectivity index (χ3n) is 5.75. The molecule has 4 rings (SSSR count). The Kier molecular flexibility index (Phi) is 6.49. The van der Waals surface area contributed by atoms with E-state index in [1.54, 1.807) is 25.3 Å². The van der Waals surface area contributed by atoms with Crippen LogP contribution < -0.4 is 10.1 Å². The lowest BCUT2D eigenvalue weighted by molar-refractivity contribution is -0.131. The van der Waals surface area contributed by atoms with Crippen molar-refractivity contribution in [3.8, 4) is 5.75 Å². The van der Waals surface area contributed by atoms with Crippen LogP contribution in [0.1, 0.15) is 40.5 Å². The molecule has 0 radical (unpaired) electrons. The normalized spacial score (nSPS) is 14.2. The summed E-state index contributed by atoms with van der Waals surface area (Å²) in [5, 5.41) is 9.56.